The molecule has 3 atom stereocenters. The Bertz CT molecular complexity index is 960. The normalized spacial score (nSPS) is 30.8. The minimum atomic E-state index is -1.22. The van der Waals surface area contributed by atoms with Crippen molar-refractivity contribution in [2.75, 3.05) is 33.9 Å². The molecule has 3 amide bonds. The highest BCUT2D eigenvalue weighted by molar-refractivity contribution is 6.10. The topological polar surface area (TPSA) is 76.2 Å². The first-order valence-electron chi connectivity index (χ1n) is 11.8. The zero-order valence-corrected chi connectivity index (χ0v) is 20.5. The van der Waals surface area contributed by atoms with Gasteiger partial charge in [0.15, 0.2) is 0 Å². The lowest BCUT2D eigenvalue weighted by atomic mass is 9.65. The first kappa shape index (κ1) is 23.7. The number of carbonyl (C=O) groups is 3. The maximum Gasteiger partial charge on any atom is 0.240 e. The molecule has 3 aliphatic rings. The Kier molecular flexibility index (Phi) is 6.06. The number of likely N-dealkylation sites (tertiary alicyclic amines) is 2. The molecule has 2 saturated heterocycles. The molecule has 0 radical (unpaired) electrons. The Morgan fingerprint density at radius 1 is 1.15 bits per heavy atom. The lowest BCUT2D eigenvalue weighted by Gasteiger charge is -2.39. The summed E-state index contributed by atoms with van der Waals surface area (Å²) in [6.07, 6.45) is 3.02. The molecule has 3 fully saturated rings. The number of hydrogen-bond acceptors (Lipinski definition) is 5. The second-order valence-corrected chi connectivity index (χ2v) is 11.2. The van der Waals surface area contributed by atoms with E-state index >= 15 is 0 Å². The highest BCUT2D eigenvalue weighted by Crippen LogP contribution is 2.53. The van der Waals surface area contributed by atoms with Gasteiger partial charge >= 0.3 is 0 Å². The number of fused-ring (bicyclic) bond motifs is 2. The fourth-order valence-electron chi connectivity index (χ4n) is 6.71. The van der Waals surface area contributed by atoms with E-state index in [2.05, 4.69) is 20.8 Å². The number of carbonyl (C=O) groups excluding carboxylic acids is 3. The summed E-state index contributed by atoms with van der Waals surface area (Å²) in [6.45, 7) is 7.98. The standard InChI is InChI=1S/C26H36N2O5/c1-24(2)12-19-13-25(3,16-24)17-28(19)22(30)15-26(18-7-6-8-20(11-18)33-5)14-21(29)27(23(26)31)9-10-32-4/h6-8,11,19H,9-10,12-17H2,1-5H3/t19-,25+,26+/m1/s1. The monoisotopic (exact) mass is 456 g/mol. The van der Waals surface area contributed by atoms with E-state index in [1.165, 1.54) is 12.0 Å². The van der Waals surface area contributed by atoms with E-state index < -0.39 is 5.41 Å². The summed E-state index contributed by atoms with van der Waals surface area (Å²) in [5, 5.41) is 0. The van der Waals surface area contributed by atoms with E-state index in [4.69, 9.17) is 9.47 Å². The number of ether oxygens (including phenoxy) is 2. The van der Waals surface area contributed by atoms with Crippen molar-refractivity contribution in [2.24, 2.45) is 10.8 Å². The van der Waals surface area contributed by atoms with Gasteiger partial charge in [-0.2, -0.15) is 0 Å². The summed E-state index contributed by atoms with van der Waals surface area (Å²) in [5.41, 5.74) is -0.274. The van der Waals surface area contributed by atoms with Gasteiger partial charge in [-0.25, -0.2) is 0 Å². The van der Waals surface area contributed by atoms with E-state index in [1.54, 1.807) is 19.2 Å². The fraction of sp³-hybridized carbons (Fsp3) is 0.654. The van der Waals surface area contributed by atoms with Gasteiger partial charge in [-0.3, -0.25) is 19.3 Å². The predicted molar refractivity (Wildman–Crippen MR) is 124 cm³/mol. The Morgan fingerprint density at radius 3 is 2.61 bits per heavy atom. The van der Waals surface area contributed by atoms with Crippen molar-refractivity contribution < 1.29 is 23.9 Å². The molecule has 0 unspecified atom stereocenters. The second kappa shape index (κ2) is 8.42. The lowest BCUT2D eigenvalue weighted by Crippen LogP contribution is -2.45. The van der Waals surface area contributed by atoms with Gasteiger partial charge in [0.25, 0.3) is 0 Å². The van der Waals surface area contributed by atoms with Crippen LogP contribution in [0.25, 0.3) is 0 Å². The van der Waals surface area contributed by atoms with Crippen LogP contribution < -0.4 is 4.74 Å². The summed E-state index contributed by atoms with van der Waals surface area (Å²) in [5.74, 6) is -0.0269. The predicted octanol–water partition coefficient (Wildman–Crippen LogP) is 3.16. The van der Waals surface area contributed by atoms with Crippen molar-refractivity contribution in [3.63, 3.8) is 0 Å². The van der Waals surface area contributed by atoms with Crippen LogP contribution in [0.5, 0.6) is 5.75 Å². The third-order valence-electron chi connectivity index (χ3n) is 7.74. The van der Waals surface area contributed by atoms with Gasteiger partial charge in [-0.05, 0) is 47.8 Å². The Labute approximate surface area is 196 Å². The summed E-state index contributed by atoms with van der Waals surface area (Å²) < 4.78 is 10.5. The van der Waals surface area contributed by atoms with Crippen molar-refractivity contribution in [1.29, 1.82) is 0 Å². The molecule has 2 heterocycles. The van der Waals surface area contributed by atoms with E-state index in [9.17, 15) is 14.4 Å². The van der Waals surface area contributed by atoms with Gasteiger partial charge < -0.3 is 14.4 Å². The molecule has 1 aromatic carbocycles. The van der Waals surface area contributed by atoms with E-state index in [-0.39, 0.29) is 60.6 Å². The largest absolute Gasteiger partial charge is 0.497 e. The smallest absolute Gasteiger partial charge is 0.240 e. The third-order valence-corrected chi connectivity index (χ3v) is 7.74. The SMILES string of the molecule is COCCN1C(=O)C[C@](CC(=O)N2C[C@@]3(C)C[C@H]2CC(C)(C)C3)(c2cccc(OC)c2)C1=O. The summed E-state index contributed by atoms with van der Waals surface area (Å²) in [7, 11) is 3.10. The quantitative estimate of drug-likeness (QED) is 0.589. The minimum absolute atomic E-state index is 0.0127. The maximum atomic E-state index is 13.8. The Balaban J connectivity index is 1.67. The molecular formula is C26H36N2O5. The van der Waals surface area contributed by atoms with Crippen LogP contribution in [0.2, 0.25) is 0 Å². The van der Waals surface area contributed by atoms with Gasteiger partial charge in [-0.15, -0.1) is 0 Å². The van der Waals surface area contributed by atoms with Crippen LogP contribution in [0.3, 0.4) is 0 Å². The van der Waals surface area contributed by atoms with Crippen molar-refractivity contribution in [1.82, 2.24) is 9.80 Å². The average Bonchev–Trinajstić information content (AvgIpc) is 3.15. The van der Waals surface area contributed by atoms with Crippen LogP contribution >= 0.6 is 0 Å². The summed E-state index contributed by atoms with van der Waals surface area (Å²) in [4.78, 5) is 43.7. The zero-order valence-electron chi connectivity index (χ0n) is 20.5. The molecule has 2 aliphatic heterocycles. The van der Waals surface area contributed by atoms with Gasteiger partial charge in [0.1, 0.15) is 5.75 Å². The van der Waals surface area contributed by atoms with Crippen molar-refractivity contribution in [3.05, 3.63) is 29.8 Å². The van der Waals surface area contributed by atoms with Crippen LogP contribution in [0.1, 0.15) is 58.4 Å². The van der Waals surface area contributed by atoms with Gasteiger partial charge in [-0.1, -0.05) is 32.9 Å². The highest BCUT2D eigenvalue weighted by Gasteiger charge is 2.56. The molecule has 0 N–H and O–H groups in total. The first-order chi connectivity index (χ1) is 15.5. The van der Waals surface area contributed by atoms with Crippen molar-refractivity contribution in [2.45, 2.75) is 64.3 Å². The summed E-state index contributed by atoms with van der Waals surface area (Å²) in [6, 6.07) is 7.40. The Hall–Kier alpha value is -2.41. The molecule has 0 aromatic heterocycles. The molecule has 1 saturated carbocycles. The number of amides is 3. The molecule has 180 valence electrons. The number of imide groups is 1. The van der Waals surface area contributed by atoms with E-state index in [1.807, 2.05) is 17.0 Å². The molecule has 7 nitrogen and oxygen atoms in total. The molecule has 4 rings (SSSR count). The minimum Gasteiger partial charge on any atom is -0.497 e. The van der Waals surface area contributed by atoms with Crippen LogP contribution in [-0.2, 0) is 24.5 Å². The van der Waals surface area contributed by atoms with E-state index in [0.717, 1.165) is 19.3 Å². The number of nitrogens with zero attached hydrogens (tertiary/aromatic N) is 2. The van der Waals surface area contributed by atoms with Crippen LogP contribution in [-0.4, -0.2) is 67.5 Å². The average molecular weight is 457 g/mol. The number of methoxy groups -OCH3 is 2. The van der Waals surface area contributed by atoms with Gasteiger partial charge in [0.2, 0.25) is 17.7 Å². The molecular weight excluding hydrogens is 420 g/mol. The molecule has 7 heteroatoms. The molecule has 2 bridgehead atoms. The maximum absolute atomic E-state index is 13.8. The molecule has 1 aromatic rings. The van der Waals surface area contributed by atoms with Crippen molar-refractivity contribution in [3.8, 4) is 5.75 Å². The number of rotatable bonds is 7. The van der Waals surface area contributed by atoms with Gasteiger partial charge in [0.05, 0.1) is 25.7 Å². The lowest BCUT2D eigenvalue weighted by molar-refractivity contribution is -0.143. The highest BCUT2D eigenvalue weighted by atomic mass is 16.5. The third kappa shape index (κ3) is 4.27. The first-order valence-corrected chi connectivity index (χ1v) is 11.8. The molecule has 33 heavy (non-hydrogen) atoms. The van der Waals surface area contributed by atoms with Crippen LogP contribution in [0, 0.1) is 10.8 Å². The van der Waals surface area contributed by atoms with Crippen LogP contribution in [0.4, 0.5) is 0 Å². The second-order valence-electron chi connectivity index (χ2n) is 11.2. The van der Waals surface area contributed by atoms with E-state index in [0.29, 0.717) is 17.9 Å². The molecule has 1 aliphatic carbocycles. The summed E-state index contributed by atoms with van der Waals surface area (Å²) >= 11 is 0. The van der Waals surface area contributed by atoms with Gasteiger partial charge in [0, 0.05) is 32.5 Å². The zero-order chi connectivity index (χ0) is 24.0. The molecule has 0 spiro atoms. The number of hydrogen-bond donors (Lipinski definition) is 0. The number of benzene rings is 1. The van der Waals surface area contributed by atoms with Crippen molar-refractivity contribution >= 4 is 17.7 Å². The Morgan fingerprint density at radius 2 is 1.91 bits per heavy atom. The fourth-order valence-corrected chi connectivity index (χ4v) is 6.71. The van der Waals surface area contributed by atoms with Crippen LogP contribution in [0.15, 0.2) is 24.3 Å².